The second-order valence-electron chi connectivity index (χ2n) is 5.52. The van der Waals surface area contributed by atoms with E-state index < -0.39 is 11.8 Å². The van der Waals surface area contributed by atoms with E-state index >= 15 is 0 Å². The van der Waals surface area contributed by atoms with Crippen molar-refractivity contribution in [3.05, 3.63) is 77.4 Å². The van der Waals surface area contributed by atoms with Gasteiger partial charge < -0.3 is 0 Å². The summed E-state index contributed by atoms with van der Waals surface area (Å²) in [6.45, 7) is 3.79. The molecular weight excluding hydrogens is 318 g/mol. The Kier molecular flexibility index (Phi) is 4.56. The van der Waals surface area contributed by atoms with Crippen molar-refractivity contribution >= 4 is 11.8 Å². The van der Waals surface area contributed by atoms with Crippen molar-refractivity contribution in [2.45, 2.75) is 13.8 Å². The van der Waals surface area contributed by atoms with Crippen LogP contribution in [-0.4, -0.2) is 26.6 Å². The van der Waals surface area contributed by atoms with Crippen molar-refractivity contribution in [1.82, 2.24) is 25.6 Å². The Morgan fingerprint density at radius 1 is 1.00 bits per heavy atom. The molecule has 0 fully saturated rings. The van der Waals surface area contributed by atoms with Crippen LogP contribution < -0.4 is 10.9 Å². The first-order chi connectivity index (χ1) is 12.1. The highest BCUT2D eigenvalue weighted by molar-refractivity contribution is 5.98. The molecule has 25 heavy (non-hydrogen) atoms. The molecule has 2 N–H and O–H groups in total. The highest BCUT2D eigenvalue weighted by atomic mass is 16.2. The maximum absolute atomic E-state index is 12.3. The van der Waals surface area contributed by atoms with Gasteiger partial charge in [0.15, 0.2) is 0 Å². The van der Waals surface area contributed by atoms with Gasteiger partial charge in [-0.15, -0.1) is 0 Å². The van der Waals surface area contributed by atoms with E-state index in [2.05, 4.69) is 20.9 Å². The molecule has 2 amide bonds. The Bertz CT molecular complexity index is 918. The molecule has 0 atom stereocenters. The minimum Gasteiger partial charge on any atom is -0.267 e. The molecule has 7 nitrogen and oxygen atoms in total. The molecule has 0 aliphatic carbocycles. The number of hydrogen-bond acceptors (Lipinski definition) is 4. The zero-order valence-electron chi connectivity index (χ0n) is 13.9. The van der Waals surface area contributed by atoms with E-state index in [1.807, 2.05) is 31.2 Å². The average molecular weight is 335 g/mol. The Balaban J connectivity index is 1.72. The minimum atomic E-state index is -0.488. The number of carbonyl (C=O) groups is 2. The van der Waals surface area contributed by atoms with Gasteiger partial charge in [0.05, 0.1) is 23.1 Å². The van der Waals surface area contributed by atoms with E-state index in [9.17, 15) is 9.59 Å². The number of hydrogen-bond donors (Lipinski definition) is 2. The minimum absolute atomic E-state index is 0.218. The van der Waals surface area contributed by atoms with Gasteiger partial charge in [-0.05, 0) is 43.7 Å². The molecule has 0 bridgehead atoms. The van der Waals surface area contributed by atoms with Crippen LogP contribution in [0.4, 0.5) is 0 Å². The Hall–Kier alpha value is -3.48. The highest BCUT2D eigenvalue weighted by Gasteiger charge is 2.16. The van der Waals surface area contributed by atoms with Crippen molar-refractivity contribution in [2.75, 3.05) is 0 Å². The van der Waals surface area contributed by atoms with Gasteiger partial charge in [-0.3, -0.25) is 25.4 Å². The Morgan fingerprint density at radius 3 is 2.52 bits per heavy atom. The van der Waals surface area contributed by atoms with E-state index in [4.69, 9.17) is 0 Å². The van der Waals surface area contributed by atoms with Crippen LogP contribution >= 0.6 is 0 Å². The van der Waals surface area contributed by atoms with Crippen molar-refractivity contribution in [2.24, 2.45) is 0 Å². The van der Waals surface area contributed by atoms with Gasteiger partial charge in [0, 0.05) is 6.20 Å². The lowest BCUT2D eigenvalue weighted by Crippen LogP contribution is -2.42. The smallest absolute Gasteiger partial charge is 0.267 e. The van der Waals surface area contributed by atoms with Crippen molar-refractivity contribution in [1.29, 1.82) is 0 Å². The molecule has 2 heterocycles. The Labute approximate surface area is 144 Å². The van der Waals surface area contributed by atoms with E-state index in [0.29, 0.717) is 11.3 Å². The molecule has 3 rings (SSSR count). The molecule has 2 aromatic heterocycles. The maximum Gasteiger partial charge on any atom is 0.288 e. The number of aromatic nitrogens is 3. The number of rotatable bonds is 3. The third-order valence-corrected chi connectivity index (χ3v) is 3.69. The summed E-state index contributed by atoms with van der Waals surface area (Å²) in [6.07, 6.45) is 2.98. The molecule has 126 valence electrons. The molecule has 0 aliphatic rings. The fourth-order valence-corrected chi connectivity index (χ4v) is 2.39. The van der Waals surface area contributed by atoms with Gasteiger partial charge in [0.1, 0.15) is 5.69 Å². The van der Waals surface area contributed by atoms with Crippen molar-refractivity contribution in [3.8, 4) is 5.69 Å². The van der Waals surface area contributed by atoms with Gasteiger partial charge in [-0.2, -0.15) is 5.10 Å². The molecular formula is C18H17N5O2. The first kappa shape index (κ1) is 16.4. The average Bonchev–Trinajstić information content (AvgIpc) is 3.01. The van der Waals surface area contributed by atoms with Crippen LogP contribution in [0, 0.1) is 13.8 Å². The monoisotopic (exact) mass is 335 g/mol. The third-order valence-electron chi connectivity index (χ3n) is 3.69. The number of hydrazine groups is 1. The summed E-state index contributed by atoms with van der Waals surface area (Å²) in [5, 5.41) is 4.26. The largest absolute Gasteiger partial charge is 0.288 e. The van der Waals surface area contributed by atoms with Gasteiger partial charge in [0.25, 0.3) is 11.8 Å². The predicted octanol–water partition coefficient (Wildman–Crippen LogP) is 1.96. The molecule has 0 aliphatic heterocycles. The molecule has 0 unspecified atom stereocenters. The number of aryl methyl sites for hydroxylation is 1. The zero-order chi connectivity index (χ0) is 17.8. The molecule has 7 heteroatoms. The number of pyridine rings is 1. The topological polar surface area (TPSA) is 88.9 Å². The number of amides is 2. The number of benzene rings is 1. The van der Waals surface area contributed by atoms with Crippen LogP contribution in [0.1, 0.15) is 32.1 Å². The predicted molar refractivity (Wildman–Crippen MR) is 92.2 cm³/mol. The number of nitrogens with one attached hydrogen (secondary N) is 2. The van der Waals surface area contributed by atoms with E-state index in [0.717, 1.165) is 11.3 Å². The van der Waals surface area contributed by atoms with Gasteiger partial charge in [0.2, 0.25) is 0 Å². The zero-order valence-corrected chi connectivity index (χ0v) is 13.9. The summed E-state index contributed by atoms with van der Waals surface area (Å²) in [5.74, 6) is -0.932. The maximum atomic E-state index is 12.3. The normalized spacial score (nSPS) is 10.3. The molecule has 0 radical (unpaired) electrons. The summed E-state index contributed by atoms with van der Waals surface area (Å²) in [6, 6.07) is 12.8. The summed E-state index contributed by atoms with van der Waals surface area (Å²) in [5.41, 5.74) is 7.97. The summed E-state index contributed by atoms with van der Waals surface area (Å²) >= 11 is 0. The van der Waals surface area contributed by atoms with E-state index in [-0.39, 0.29) is 5.69 Å². The molecule has 1 aromatic carbocycles. The SMILES string of the molecule is Cc1cccc(-n2ncc(C(=O)NNC(=O)c3ccccn3)c2C)c1. The number of carbonyl (C=O) groups excluding carboxylic acids is 2. The van der Waals surface area contributed by atoms with Crippen LogP contribution in [0.15, 0.2) is 54.9 Å². The van der Waals surface area contributed by atoms with Crippen LogP contribution in [-0.2, 0) is 0 Å². The van der Waals surface area contributed by atoms with Gasteiger partial charge >= 0.3 is 0 Å². The highest BCUT2D eigenvalue weighted by Crippen LogP contribution is 2.15. The molecule has 0 spiro atoms. The number of nitrogens with zero attached hydrogens (tertiary/aromatic N) is 3. The van der Waals surface area contributed by atoms with Crippen molar-refractivity contribution in [3.63, 3.8) is 0 Å². The van der Waals surface area contributed by atoms with Crippen LogP contribution in [0.3, 0.4) is 0 Å². The lowest BCUT2D eigenvalue weighted by molar-refractivity contribution is 0.0843. The lowest BCUT2D eigenvalue weighted by atomic mass is 10.2. The second-order valence-corrected chi connectivity index (χ2v) is 5.52. The molecule has 0 saturated carbocycles. The van der Waals surface area contributed by atoms with Crippen molar-refractivity contribution < 1.29 is 9.59 Å². The van der Waals surface area contributed by atoms with E-state index in [1.165, 1.54) is 12.4 Å². The quantitative estimate of drug-likeness (QED) is 0.716. The second kappa shape index (κ2) is 6.96. The van der Waals surface area contributed by atoms with E-state index in [1.54, 1.807) is 29.8 Å². The lowest BCUT2D eigenvalue weighted by Gasteiger charge is -2.08. The summed E-state index contributed by atoms with van der Waals surface area (Å²) in [7, 11) is 0. The van der Waals surface area contributed by atoms with Gasteiger partial charge in [-0.25, -0.2) is 4.68 Å². The molecule has 3 aromatic rings. The fraction of sp³-hybridized carbons (Fsp3) is 0.111. The van der Waals surface area contributed by atoms with Crippen LogP contribution in [0.5, 0.6) is 0 Å². The van der Waals surface area contributed by atoms with Gasteiger partial charge in [-0.1, -0.05) is 18.2 Å². The van der Waals surface area contributed by atoms with Crippen LogP contribution in [0.25, 0.3) is 5.69 Å². The standard InChI is InChI=1S/C18H17N5O2/c1-12-6-5-7-14(10-12)23-13(2)15(11-20-23)17(24)21-22-18(25)16-8-3-4-9-19-16/h3-11H,1-2H3,(H,21,24)(H,22,25). The fourth-order valence-electron chi connectivity index (χ4n) is 2.39. The third kappa shape index (κ3) is 3.55. The van der Waals surface area contributed by atoms with Crippen LogP contribution in [0.2, 0.25) is 0 Å². The first-order valence-electron chi connectivity index (χ1n) is 7.69. The summed E-state index contributed by atoms with van der Waals surface area (Å²) < 4.78 is 1.68. The summed E-state index contributed by atoms with van der Waals surface area (Å²) in [4.78, 5) is 28.2. The molecule has 0 saturated heterocycles. The first-order valence-corrected chi connectivity index (χ1v) is 7.69. The Morgan fingerprint density at radius 2 is 1.80 bits per heavy atom.